The molecule has 0 unspecified atom stereocenters. The minimum atomic E-state index is -0.191. The number of aromatic nitrogens is 11. The lowest BCUT2D eigenvalue weighted by molar-refractivity contribution is 0.661. The molecule has 0 bridgehead atoms. The normalized spacial score (nSPS) is 13.3. The smallest absolute Gasteiger partial charge is 0.159 e. The zero-order valence-electron chi connectivity index (χ0n) is 70.8. The topological polar surface area (TPSA) is 142 Å². The van der Waals surface area contributed by atoms with E-state index < -0.39 is 0 Å². The Morgan fingerprint density at radius 3 is 0.969 bits per heavy atom. The number of hydrogen-bond donors (Lipinski definition) is 0. The summed E-state index contributed by atoms with van der Waals surface area (Å²) in [7, 11) is 0. The number of benzene rings is 14. The average molecular weight is 1630 g/mol. The number of rotatable bonds is 9. The standard InChI is InChI=1S/C41H28N4.C38H27N3.C37H26N4/c1-41(2)33-11-6-5-10-32(33)39-38(41)36(37-31-9-4-3-8-26(31)18-19-34(37)45-39)27-14-12-25(13-15-27)30-22-28-16-17-29(23-35(28)44-24-30)40-42-20-7-21-43-40;1-38(2)30-15-9-8-14-29(30)37-36(38)34(35-28-13-7-6-10-24(28)20-21-31(35)41-37)27-18-16-26(17-19-27)33-23-39-32(22-40-33)25-11-4-3-5-12-25;1-37(2)28-12-6-5-11-27(28)36-35(37)33(34-26-10-4-3-9-23(26)18-19-30(34)41-36)25-16-14-24(15-17-25)31-21-40-32(22-39-31)29-13-7-8-20-38-29/h3-24H,1-2H3;3-23H,1-2H3;3-22H,1-2H3. The molecular formula is C116H81N11. The number of hydrogen-bond acceptors (Lipinski definition) is 11. The molecule has 0 saturated heterocycles. The van der Waals surface area contributed by atoms with Gasteiger partial charge >= 0.3 is 0 Å². The highest BCUT2D eigenvalue weighted by atomic mass is 14.9. The molecule has 8 aromatic heterocycles. The molecule has 3 aliphatic rings. The van der Waals surface area contributed by atoms with Gasteiger partial charge in [-0.25, -0.2) is 24.9 Å². The Kier molecular flexibility index (Phi) is 18.0. The Morgan fingerprint density at radius 2 is 0.551 bits per heavy atom. The van der Waals surface area contributed by atoms with E-state index in [2.05, 4.69) is 353 Å². The van der Waals surface area contributed by atoms with E-state index in [4.69, 9.17) is 34.9 Å². The van der Waals surface area contributed by atoms with Gasteiger partial charge in [0.15, 0.2) is 5.82 Å². The van der Waals surface area contributed by atoms with Gasteiger partial charge in [-0.2, -0.15) is 0 Å². The lowest BCUT2D eigenvalue weighted by Gasteiger charge is -2.25. The van der Waals surface area contributed by atoms with E-state index in [0.717, 1.165) is 106 Å². The maximum absolute atomic E-state index is 5.33. The molecule has 11 nitrogen and oxygen atoms in total. The van der Waals surface area contributed by atoms with Gasteiger partial charge < -0.3 is 0 Å². The molecule has 25 rings (SSSR count). The molecule has 3 aliphatic carbocycles. The van der Waals surface area contributed by atoms with Gasteiger partial charge in [0.2, 0.25) is 0 Å². The largest absolute Gasteiger partial charge is 0.256 e. The third-order valence-corrected chi connectivity index (χ3v) is 26.3. The van der Waals surface area contributed by atoms with Gasteiger partial charge in [0.1, 0.15) is 5.69 Å². The highest BCUT2D eigenvalue weighted by molar-refractivity contribution is 6.19. The third-order valence-electron chi connectivity index (χ3n) is 26.3. The lowest BCUT2D eigenvalue weighted by Crippen LogP contribution is -2.16. The van der Waals surface area contributed by atoms with Gasteiger partial charge in [-0.05, 0) is 153 Å². The summed E-state index contributed by atoms with van der Waals surface area (Å²) in [6.07, 6.45) is 14.6. The van der Waals surface area contributed by atoms with Crippen LogP contribution in [0.2, 0.25) is 0 Å². The predicted molar refractivity (Wildman–Crippen MR) is 519 cm³/mol. The summed E-state index contributed by atoms with van der Waals surface area (Å²) >= 11 is 0. The summed E-state index contributed by atoms with van der Waals surface area (Å²) in [5, 5.41) is 12.1. The van der Waals surface area contributed by atoms with Crippen LogP contribution in [0.4, 0.5) is 0 Å². The van der Waals surface area contributed by atoms with Crippen LogP contribution in [0.25, 0.3) is 211 Å². The summed E-state index contributed by atoms with van der Waals surface area (Å²) in [6.45, 7) is 14.0. The van der Waals surface area contributed by atoms with Crippen LogP contribution in [0.3, 0.4) is 0 Å². The maximum Gasteiger partial charge on any atom is 0.159 e. The van der Waals surface area contributed by atoms with Crippen LogP contribution >= 0.6 is 0 Å². The Labute approximate surface area is 735 Å². The van der Waals surface area contributed by atoms with Gasteiger partial charge in [0.25, 0.3) is 0 Å². The first-order valence-corrected chi connectivity index (χ1v) is 43.2. The van der Waals surface area contributed by atoms with Gasteiger partial charge in [0.05, 0.1) is 86.7 Å². The molecule has 0 N–H and O–H groups in total. The SMILES string of the molecule is CC1(C)c2ccccc2-c2nc3ccc4ccccc4c3c(-c3ccc(-c4cnc(-c5ccccc5)cn4)cc3)c21.CC1(C)c2ccccc2-c2nc3ccc4ccccc4c3c(-c3ccc(-c4cnc(-c5ccccn5)cn4)cc3)c21.CC1(C)c2ccccc2-c2nc3ccc4ccccc4c3c(-c3ccc(-c4cnc5cc(-c6ncccn6)ccc5c4)cc3)c21. The monoisotopic (exact) mass is 1630 g/mol. The zero-order valence-corrected chi connectivity index (χ0v) is 70.8. The van der Waals surface area contributed by atoms with Crippen LogP contribution in [-0.4, -0.2) is 54.8 Å². The van der Waals surface area contributed by atoms with Gasteiger partial charge in [-0.15, -0.1) is 0 Å². The predicted octanol–water partition coefficient (Wildman–Crippen LogP) is 28.4. The second-order valence-corrected chi connectivity index (χ2v) is 34.8. The van der Waals surface area contributed by atoms with Crippen LogP contribution in [0.5, 0.6) is 0 Å². The highest BCUT2D eigenvalue weighted by Crippen LogP contribution is 2.58. The Bertz CT molecular complexity index is 7850. The fraction of sp³-hybridized carbons (Fsp3) is 0.0776. The van der Waals surface area contributed by atoms with E-state index in [1.807, 2.05) is 67.3 Å². The van der Waals surface area contributed by atoms with Crippen molar-refractivity contribution >= 4 is 75.9 Å². The van der Waals surface area contributed by atoms with Crippen LogP contribution in [-0.2, 0) is 16.2 Å². The number of pyridine rings is 5. The molecule has 600 valence electrons. The molecule has 0 aliphatic heterocycles. The van der Waals surface area contributed by atoms with Gasteiger partial charge in [-0.1, -0.05) is 327 Å². The van der Waals surface area contributed by atoms with E-state index in [1.54, 1.807) is 24.8 Å². The minimum absolute atomic E-state index is 0.184. The van der Waals surface area contributed by atoms with E-state index >= 15 is 0 Å². The molecule has 0 fully saturated rings. The van der Waals surface area contributed by atoms with Crippen molar-refractivity contribution in [3.63, 3.8) is 0 Å². The zero-order chi connectivity index (χ0) is 85.2. The molecule has 11 heteroatoms. The van der Waals surface area contributed by atoms with Crippen molar-refractivity contribution in [2.24, 2.45) is 0 Å². The van der Waals surface area contributed by atoms with Gasteiger partial charge in [0, 0.05) is 107 Å². The summed E-state index contributed by atoms with van der Waals surface area (Å²) in [5.41, 5.74) is 36.0. The van der Waals surface area contributed by atoms with Crippen LogP contribution in [0.1, 0.15) is 74.9 Å². The molecule has 0 amide bonds. The third kappa shape index (κ3) is 12.7. The Hall–Kier alpha value is -16.1. The highest BCUT2D eigenvalue weighted by Gasteiger charge is 2.43. The molecule has 22 aromatic rings. The molecule has 0 saturated carbocycles. The van der Waals surface area contributed by atoms with Crippen molar-refractivity contribution in [1.29, 1.82) is 0 Å². The van der Waals surface area contributed by atoms with Crippen molar-refractivity contribution in [3.8, 4) is 135 Å². The first-order valence-electron chi connectivity index (χ1n) is 43.2. The van der Waals surface area contributed by atoms with E-state index in [9.17, 15) is 0 Å². The number of nitrogens with zero attached hydrogens (tertiary/aromatic N) is 11. The quantitative estimate of drug-likeness (QED) is 0.127. The average Bonchev–Trinajstić information content (AvgIpc) is 1.59. The van der Waals surface area contributed by atoms with Crippen LogP contribution < -0.4 is 0 Å². The first-order chi connectivity index (χ1) is 62.2. The van der Waals surface area contributed by atoms with Crippen molar-refractivity contribution in [2.45, 2.75) is 57.8 Å². The molecule has 0 spiro atoms. The van der Waals surface area contributed by atoms with E-state index in [0.29, 0.717) is 5.82 Å². The maximum atomic E-state index is 5.33. The second-order valence-electron chi connectivity index (χ2n) is 34.8. The van der Waals surface area contributed by atoms with Crippen LogP contribution in [0, 0.1) is 0 Å². The fourth-order valence-electron chi connectivity index (χ4n) is 20.2. The minimum Gasteiger partial charge on any atom is -0.256 e. The van der Waals surface area contributed by atoms with Gasteiger partial charge in [-0.3, -0.25) is 29.9 Å². The Balaban J connectivity index is 0.000000109. The van der Waals surface area contributed by atoms with Crippen LogP contribution in [0.15, 0.2) is 383 Å². The van der Waals surface area contributed by atoms with E-state index in [1.165, 1.54) is 132 Å². The summed E-state index contributed by atoms with van der Waals surface area (Å²) in [6, 6.07) is 118. The van der Waals surface area contributed by atoms with E-state index in [-0.39, 0.29) is 16.2 Å². The summed E-state index contributed by atoms with van der Waals surface area (Å²) in [4.78, 5) is 52.7. The van der Waals surface area contributed by atoms with Crippen molar-refractivity contribution < 1.29 is 0 Å². The number of fused-ring (bicyclic) bond motifs is 19. The van der Waals surface area contributed by atoms with Crippen molar-refractivity contribution in [1.82, 2.24) is 54.8 Å². The molecule has 0 radical (unpaired) electrons. The van der Waals surface area contributed by atoms with Crippen molar-refractivity contribution in [2.75, 3.05) is 0 Å². The fourth-order valence-corrected chi connectivity index (χ4v) is 20.2. The molecule has 14 aromatic carbocycles. The summed E-state index contributed by atoms with van der Waals surface area (Å²) in [5.74, 6) is 0.704. The summed E-state index contributed by atoms with van der Waals surface area (Å²) < 4.78 is 0. The molecule has 8 heterocycles. The molecule has 127 heavy (non-hydrogen) atoms. The first kappa shape index (κ1) is 75.8. The molecular weight excluding hydrogens is 1550 g/mol. The Morgan fingerprint density at radius 1 is 0.205 bits per heavy atom. The second kappa shape index (κ2) is 30.1. The molecule has 0 atom stereocenters. The van der Waals surface area contributed by atoms with Crippen molar-refractivity contribution in [3.05, 3.63) is 417 Å². The lowest BCUT2D eigenvalue weighted by atomic mass is 9.78.